The molecule has 2 aromatic carbocycles. The topological polar surface area (TPSA) is 67.2 Å². The average molecular weight is 483 g/mol. The molecule has 0 saturated heterocycles. The van der Waals surface area contributed by atoms with Crippen molar-refractivity contribution in [1.29, 1.82) is 0 Å². The van der Waals surface area contributed by atoms with Crippen LogP contribution in [0.2, 0.25) is 0 Å². The van der Waals surface area contributed by atoms with E-state index < -0.39 is 0 Å². The van der Waals surface area contributed by atoms with Crippen LogP contribution in [0, 0.1) is 12.7 Å². The molecule has 6 nitrogen and oxygen atoms in total. The molecule has 0 fully saturated rings. The van der Waals surface area contributed by atoms with Gasteiger partial charge < -0.3 is 10.2 Å². The Balaban J connectivity index is 1.48. The summed E-state index contributed by atoms with van der Waals surface area (Å²) in [4.78, 5) is 29.3. The van der Waals surface area contributed by atoms with E-state index in [1.165, 1.54) is 28.4 Å². The number of carbonyl (C=O) groups excluding carboxylic acids is 2. The maximum absolute atomic E-state index is 13.2. The molecule has 0 unspecified atom stereocenters. The van der Waals surface area contributed by atoms with Crippen LogP contribution in [-0.2, 0) is 11.3 Å². The molecule has 4 rings (SSSR count). The second-order valence-electron chi connectivity index (χ2n) is 7.61. The molecule has 0 aliphatic heterocycles. The van der Waals surface area contributed by atoms with Gasteiger partial charge in [-0.05, 0) is 49.1 Å². The first kappa shape index (κ1) is 23.0. The van der Waals surface area contributed by atoms with E-state index in [4.69, 9.17) is 0 Å². The number of fused-ring (bicyclic) bond motifs is 1. The number of likely N-dealkylation sites (N-methyl/N-ethyl adjacent to an activating group) is 1. The van der Waals surface area contributed by atoms with Crippen molar-refractivity contribution in [2.75, 3.05) is 25.2 Å². The SMILES string of the molecule is CSc1ccccc1NC(=O)CN(C)C(=O)c1cc2c(C)nn(Cc3ccc(F)cc3)c2s1. The normalized spacial score (nSPS) is 11.0. The standard InChI is InChI=1S/C24H23FN4O2S2/c1-15-18-12-21(33-24(18)29(27-15)13-16-8-10-17(25)11-9-16)23(31)28(2)14-22(30)26-19-6-4-5-7-20(19)32-3/h4-12H,13-14H2,1-3H3,(H,26,30). The van der Waals surface area contributed by atoms with Gasteiger partial charge in [-0.15, -0.1) is 23.1 Å². The van der Waals surface area contributed by atoms with E-state index in [0.717, 1.165) is 32.1 Å². The molecule has 2 amide bonds. The summed E-state index contributed by atoms with van der Waals surface area (Å²) in [5.41, 5.74) is 2.46. The third-order valence-electron chi connectivity index (χ3n) is 5.17. The Morgan fingerprint density at radius 3 is 2.64 bits per heavy atom. The first-order valence-electron chi connectivity index (χ1n) is 10.3. The second-order valence-corrected chi connectivity index (χ2v) is 9.49. The van der Waals surface area contributed by atoms with Crippen molar-refractivity contribution < 1.29 is 14.0 Å². The minimum atomic E-state index is -0.284. The quantitative estimate of drug-likeness (QED) is 0.376. The third-order valence-corrected chi connectivity index (χ3v) is 7.10. The van der Waals surface area contributed by atoms with E-state index in [-0.39, 0.29) is 24.2 Å². The van der Waals surface area contributed by atoms with Crippen molar-refractivity contribution in [2.45, 2.75) is 18.4 Å². The molecule has 0 spiro atoms. The zero-order valence-electron chi connectivity index (χ0n) is 18.5. The lowest BCUT2D eigenvalue weighted by atomic mass is 10.2. The van der Waals surface area contributed by atoms with Gasteiger partial charge in [0.15, 0.2) is 0 Å². The molecular formula is C24H23FN4O2S2. The Hall–Kier alpha value is -3.17. The molecule has 33 heavy (non-hydrogen) atoms. The highest BCUT2D eigenvalue weighted by atomic mass is 32.2. The second kappa shape index (κ2) is 9.76. The summed E-state index contributed by atoms with van der Waals surface area (Å²) in [6.07, 6.45) is 1.95. The Morgan fingerprint density at radius 2 is 1.91 bits per heavy atom. The zero-order valence-corrected chi connectivity index (χ0v) is 20.1. The molecule has 0 aliphatic rings. The fraction of sp³-hybridized carbons (Fsp3) is 0.208. The van der Waals surface area contributed by atoms with Crippen molar-refractivity contribution >= 4 is 50.8 Å². The fourth-order valence-corrected chi connectivity index (χ4v) is 5.21. The summed E-state index contributed by atoms with van der Waals surface area (Å²) in [5.74, 6) is -0.766. The predicted octanol–water partition coefficient (Wildman–Crippen LogP) is 5.03. The lowest BCUT2D eigenvalue weighted by Gasteiger charge is -2.16. The number of amides is 2. The van der Waals surface area contributed by atoms with Gasteiger partial charge in [-0.3, -0.25) is 14.3 Å². The summed E-state index contributed by atoms with van der Waals surface area (Å²) in [6.45, 7) is 2.31. The largest absolute Gasteiger partial charge is 0.332 e. The van der Waals surface area contributed by atoms with Crippen molar-refractivity contribution in [3.05, 3.63) is 76.5 Å². The van der Waals surface area contributed by atoms with Gasteiger partial charge in [-0.2, -0.15) is 5.10 Å². The molecule has 1 N–H and O–H groups in total. The van der Waals surface area contributed by atoms with Crippen LogP contribution in [0.25, 0.3) is 10.2 Å². The highest BCUT2D eigenvalue weighted by Crippen LogP contribution is 2.30. The zero-order chi connectivity index (χ0) is 23.5. The van der Waals surface area contributed by atoms with Gasteiger partial charge in [-0.25, -0.2) is 4.39 Å². The molecule has 0 radical (unpaired) electrons. The summed E-state index contributed by atoms with van der Waals surface area (Å²) in [6, 6.07) is 15.7. The van der Waals surface area contributed by atoms with Crippen LogP contribution >= 0.6 is 23.1 Å². The van der Waals surface area contributed by atoms with Crippen LogP contribution in [0.1, 0.15) is 20.9 Å². The Labute approximate surface area is 199 Å². The molecule has 170 valence electrons. The van der Waals surface area contributed by atoms with Gasteiger partial charge in [0.05, 0.1) is 29.3 Å². The number of aromatic nitrogens is 2. The molecule has 0 bridgehead atoms. The monoisotopic (exact) mass is 482 g/mol. The van der Waals surface area contributed by atoms with Crippen LogP contribution < -0.4 is 5.32 Å². The van der Waals surface area contributed by atoms with Crippen LogP contribution in [-0.4, -0.2) is 46.3 Å². The van der Waals surface area contributed by atoms with E-state index in [9.17, 15) is 14.0 Å². The number of para-hydroxylation sites is 1. The summed E-state index contributed by atoms with van der Waals surface area (Å²) >= 11 is 2.89. The van der Waals surface area contributed by atoms with Gasteiger partial charge in [0.1, 0.15) is 10.6 Å². The van der Waals surface area contributed by atoms with Crippen LogP contribution in [0.4, 0.5) is 10.1 Å². The minimum absolute atomic E-state index is 0.0590. The average Bonchev–Trinajstić information content (AvgIpc) is 3.36. The summed E-state index contributed by atoms with van der Waals surface area (Å²) in [5, 5.41) is 8.35. The number of hydrogen-bond donors (Lipinski definition) is 1. The van der Waals surface area contributed by atoms with Gasteiger partial charge in [0.2, 0.25) is 5.91 Å². The van der Waals surface area contributed by atoms with E-state index in [2.05, 4.69) is 10.4 Å². The first-order chi connectivity index (χ1) is 15.9. The number of anilines is 1. The highest BCUT2D eigenvalue weighted by Gasteiger charge is 2.21. The maximum atomic E-state index is 13.2. The summed E-state index contributed by atoms with van der Waals surface area (Å²) < 4.78 is 15.0. The fourth-order valence-electron chi connectivity index (χ4n) is 3.50. The van der Waals surface area contributed by atoms with Crippen LogP contribution in [0.15, 0.2) is 59.5 Å². The van der Waals surface area contributed by atoms with Gasteiger partial charge in [-0.1, -0.05) is 24.3 Å². The van der Waals surface area contributed by atoms with Crippen molar-refractivity contribution in [2.24, 2.45) is 0 Å². The molecule has 2 heterocycles. The molecule has 2 aromatic heterocycles. The van der Waals surface area contributed by atoms with E-state index in [1.54, 1.807) is 30.9 Å². The van der Waals surface area contributed by atoms with E-state index in [0.29, 0.717) is 11.4 Å². The maximum Gasteiger partial charge on any atom is 0.264 e. The lowest BCUT2D eigenvalue weighted by Crippen LogP contribution is -2.34. The number of nitrogens with zero attached hydrogens (tertiary/aromatic N) is 3. The Kier molecular flexibility index (Phi) is 6.80. The number of benzene rings is 2. The van der Waals surface area contributed by atoms with Gasteiger partial charge in [0.25, 0.3) is 5.91 Å². The Bertz CT molecular complexity index is 1310. The van der Waals surface area contributed by atoms with Crippen LogP contribution in [0.3, 0.4) is 0 Å². The number of rotatable bonds is 7. The molecule has 0 saturated carbocycles. The number of halogens is 1. The first-order valence-corrected chi connectivity index (χ1v) is 12.3. The molecule has 4 aromatic rings. The molecule has 9 heteroatoms. The number of thiophene rings is 1. The highest BCUT2D eigenvalue weighted by molar-refractivity contribution is 7.98. The smallest absolute Gasteiger partial charge is 0.264 e. The number of hydrogen-bond acceptors (Lipinski definition) is 5. The molecule has 0 aliphatic carbocycles. The van der Waals surface area contributed by atoms with Crippen molar-refractivity contribution in [3.63, 3.8) is 0 Å². The minimum Gasteiger partial charge on any atom is -0.332 e. The third kappa shape index (κ3) is 5.09. The summed E-state index contributed by atoms with van der Waals surface area (Å²) in [7, 11) is 1.62. The predicted molar refractivity (Wildman–Crippen MR) is 132 cm³/mol. The molecular weight excluding hydrogens is 459 g/mol. The lowest BCUT2D eigenvalue weighted by molar-refractivity contribution is -0.116. The van der Waals surface area contributed by atoms with Gasteiger partial charge >= 0.3 is 0 Å². The van der Waals surface area contributed by atoms with Crippen molar-refractivity contribution in [1.82, 2.24) is 14.7 Å². The Morgan fingerprint density at radius 1 is 1.18 bits per heavy atom. The van der Waals surface area contributed by atoms with E-state index in [1.807, 2.05) is 48.2 Å². The van der Waals surface area contributed by atoms with Crippen molar-refractivity contribution in [3.8, 4) is 0 Å². The van der Waals surface area contributed by atoms with E-state index >= 15 is 0 Å². The number of nitrogens with one attached hydrogen (secondary N) is 1. The van der Waals surface area contributed by atoms with Crippen LogP contribution in [0.5, 0.6) is 0 Å². The number of thioether (sulfide) groups is 1. The van der Waals surface area contributed by atoms with Gasteiger partial charge in [0, 0.05) is 17.3 Å². The number of carbonyl (C=O) groups is 2. The molecule has 0 atom stereocenters. The number of aryl methyl sites for hydroxylation is 1.